The summed E-state index contributed by atoms with van der Waals surface area (Å²) in [6.07, 6.45) is 0.773. The van der Waals surface area contributed by atoms with E-state index in [1.807, 2.05) is 37.4 Å². The summed E-state index contributed by atoms with van der Waals surface area (Å²) in [5.41, 5.74) is 2.23. The minimum Gasteiger partial charge on any atom is -0.494 e. The number of likely N-dealkylation sites (N-methyl/N-ethyl adjacent to an activating group) is 1. The van der Waals surface area contributed by atoms with Gasteiger partial charge in [-0.15, -0.1) is 0 Å². The molecule has 0 spiro atoms. The maximum atomic E-state index is 13.2. The lowest BCUT2D eigenvalue weighted by Crippen LogP contribution is -3.10. The summed E-state index contributed by atoms with van der Waals surface area (Å²) in [6, 6.07) is 8.76. The zero-order valence-corrected chi connectivity index (χ0v) is 19.8. The van der Waals surface area contributed by atoms with Crippen LogP contribution in [0.1, 0.15) is 22.7 Å². The van der Waals surface area contributed by atoms with Gasteiger partial charge in [-0.25, -0.2) is 0 Å². The number of halogens is 1. The van der Waals surface area contributed by atoms with Crippen LogP contribution in [0.2, 0.25) is 0 Å². The third-order valence-corrected chi connectivity index (χ3v) is 6.83. The number of aromatic nitrogens is 2. The molecule has 0 fully saturated rings. The van der Waals surface area contributed by atoms with Crippen LogP contribution in [0.25, 0.3) is 5.69 Å². The van der Waals surface area contributed by atoms with Crippen LogP contribution in [0.15, 0.2) is 39.6 Å². The standard InChI is InChI=1S/C22H20BrN3O5S/c1-25-8-7-11-9-14-18(31-10-30-14)19(29-2)15(11)17(25)16-20(27)24-22(32)26(21(16)28)13-5-3-12(23)4-6-13/h3-6,9,17,28H,7-8,10H2,1-2H3,(H,24,27,32)/p+1/t17-/m0/s1. The predicted molar refractivity (Wildman–Crippen MR) is 123 cm³/mol. The number of nitrogens with zero attached hydrogens (tertiary/aromatic N) is 1. The van der Waals surface area contributed by atoms with Crippen LogP contribution in [-0.4, -0.2) is 42.2 Å². The maximum Gasteiger partial charge on any atom is 0.265 e. The first-order valence-corrected chi connectivity index (χ1v) is 11.3. The highest BCUT2D eigenvalue weighted by molar-refractivity contribution is 9.10. The number of ether oxygens (including phenoxy) is 3. The van der Waals surface area contributed by atoms with Gasteiger partial charge < -0.3 is 24.2 Å². The molecule has 32 heavy (non-hydrogen) atoms. The average molecular weight is 519 g/mol. The summed E-state index contributed by atoms with van der Waals surface area (Å²) >= 11 is 8.81. The minimum atomic E-state index is -0.496. The molecule has 1 aromatic heterocycles. The molecule has 0 bridgehead atoms. The Morgan fingerprint density at radius 2 is 2.03 bits per heavy atom. The van der Waals surface area contributed by atoms with Crippen molar-refractivity contribution in [3.8, 4) is 28.8 Å². The molecule has 0 aliphatic carbocycles. The first-order chi connectivity index (χ1) is 15.4. The van der Waals surface area contributed by atoms with E-state index in [-0.39, 0.29) is 23.0 Å². The van der Waals surface area contributed by atoms with Crippen LogP contribution in [0.4, 0.5) is 0 Å². The normalized spacial score (nSPS) is 19.0. The fraction of sp³-hybridized carbons (Fsp3) is 0.273. The van der Waals surface area contributed by atoms with Crippen molar-refractivity contribution in [2.45, 2.75) is 12.5 Å². The molecule has 2 aliphatic heterocycles. The summed E-state index contributed by atoms with van der Waals surface area (Å²) < 4.78 is 19.5. The van der Waals surface area contributed by atoms with E-state index in [2.05, 4.69) is 20.9 Å². The molecule has 166 valence electrons. The van der Waals surface area contributed by atoms with Gasteiger partial charge in [0, 0.05) is 10.9 Å². The molecule has 0 amide bonds. The van der Waals surface area contributed by atoms with Gasteiger partial charge in [-0.05, 0) is 48.1 Å². The first kappa shape index (κ1) is 21.0. The van der Waals surface area contributed by atoms with Crippen LogP contribution in [0.5, 0.6) is 23.1 Å². The van der Waals surface area contributed by atoms with E-state index < -0.39 is 11.6 Å². The van der Waals surface area contributed by atoms with Crippen LogP contribution < -0.4 is 24.7 Å². The Morgan fingerprint density at radius 3 is 2.75 bits per heavy atom. The lowest BCUT2D eigenvalue weighted by atomic mass is 9.87. The summed E-state index contributed by atoms with van der Waals surface area (Å²) in [5.74, 6) is 1.47. The van der Waals surface area contributed by atoms with Crippen LogP contribution in [0, 0.1) is 4.77 Å². The largest absolute Gasteiger partial charge is 0.494 e. The molecule has 3 N–H and O–H groups in total. The Kier molecular flexibility index (Phi) is 5.23. The smallest absolute Gasteiger partial charge is 0.265 e. The number of H-pyrrole nitrogens is 1. The first-order valence-electron chi connectivity index (χ1n) is 10.1. The summed E-state index contributed by atoms with van der Waals surface area (Å²) in [7, 11) is 3.55. The van der Waals surface area contributed by atoms with Crippen molar-refractivity contribution in [2.24, 2.45) is 0 Å². The Morgan fingerprint density at radius 1 is 1.28 bits per heavy atom. The van der Waals surface area contributed by atoms with Gasteiger partial charge in [-0.3, -0.25) is 14.3 Å². The van der Waals surface area contributed by atoms with Crippen LogP contribution in [-0.2, 0) is 6.42 Å². The van der Waals surface area contributed by atoms with Crippen molar-refractivity contribution < 1.29 is 24.2 Å². The number of hydrogen-bond donors (Lipinski definition) is 3. The highest BCUT2D eigenvalue weighted by Gasteiger charge is 2.41. The zero-order chi connectivity index (χ0) is 22.6. The van der Waals surface area contributed by atoms with Crippen LogP contribution >= 0.6 is 28.1 Å². The van der Waals surface area contributed by atoms with Gasteiger partial charge in [0.25, 0.3) is 5.56 Å². The molecular formula is C22H21BrN3O5S+. The van der Waals surface area contributed by atoms with Gasteiger partial charge in [-0.1, -0.05) is 15.9 Å². The fourth-order valence-electron chi connectivity index (χ4n) is 4.55. The molecule has 0 saturated heterocycles. The Labute approximate surface area is 197 Å². The number of nitrogens with one attached hydrogen (secondary N) is 2. The van der Waals surface area contributed by atoms with Crippen molar-refractivity contribution in [3.05, 3.63) is 66.6 Å². The van der Waals surface area contributed by atoms with Crippen molar-refractivity contribution in [1.82, 2.24) is 9.55 Å². The van der Waals surface area contributed by atoms with E-state index in [0.717, 1.165) is 33.5 Å². The molecule has 1 unspecified atom stereocenters. The molecule has 0 radical (unpaired) electrons. The number of methoxy groups -OCH3 is 1. The molecule has 10 heteroatoms. The Bertz CT molecular complexity index is 1340. The van der Waals surface area contributed by atoms with E-state index in [0.29, 0.717) is 22.9 Å². The topological polar surface area (TPSA) is 90.2 Å². The number of hydrogen-bond acceptors (Lipinski definition) is 6. The molecule has 3 aromatic rings. The van der Waals surface area contributed by atoms with E-state index in [1.165, 1.54) is 4.57 Å². The Hall–Kier alpha value is -2.82. The van der Waals surface area contributed by atoms with Gasteiger partial charge in [0.1, 0.15) is 5.56 Å². The molecule has 2 aliphatic rings. The molecule has 2 aromatic carbocycles. The predicted octanol–water partition coefficient (Wildman–Crippen LogP) is 2.26. The van der Waals surface area contributed by atoms with E-state index in [4.69, 9.17) is 26.4 Å². The van der Waals surface area contributed by atoms with Crippen molar-refractivity contribution in [2.75, 3.05) is 27.5 Å². The van der Waals surface area contributed by atoms with E-state index in [9.17, 15) is 9.90 Å². The monoisotopic (exact) mass is 518 g/mol. The molecule has 3 heterocycles. The summed E-state index contributed by atoms with van der Waals surface area (Å²) in [4.78, 5) is 17.0. The summed E-state index contributed by atoms with van der Waals surface area (Å²) in [5, 5.41) is 11.4. The molecule has 0 saturated carbocycles. The van der Waals surface area contributed by atoms with Gasteiger partial charge in [0.05, 0.1) is 32.0 Å². The second-order valence-corrected chi connectivity index (χ2v) is 9.11. The van der Waals surface area contributed by atoms with Gasteiger partial charge in [0.2, 0.25) is 18.4 Å². The highest BCUT2D eigenvalue weighted by Crippen LogP contribution is 2.48. The molecule has 5 rings (SSSR count). The van der Waals surface area contributed by atoms with Gasteiger partial charge in [0.15, 0.2) is 22.3 Å². The van der Waals surface area contributed by atoms with Gasteiger partial charge in [-0.2, -0.15) is 0 Å². The lowest BCUT2D eigenvalue weighted by Gasteiger charge is -2.33. The molecular weight excluding hydrogens is 498 g/mol. The number of quaternary nitrogens is 1. The lowest BCUT2D eigenvalue weighted by molar-refractivity contribution is -0.908. The maximum absolute atomic E-state index is 13.2. The van der Waals surface area contributed by atoms with Crippen molar-refractivity contribution in [1.29, 1.82) is 0 Å². The van der Waals surface area contributed by atoms with Crippen LogP contribution in [0.3, 0.4) is 0 Å². The SMILES string of the molecule is COc1c2c(cc3c1[C@@H](c1c(O)n(-c4ccc(Br)cc4)c(=S)[nH]c1=O)[NH+](C)CC3)OCO2. The zero-order valence-electron chi connectivity index (χ0n) is 17.4. The molecule has 2 atom stereocenters. The Balaban J connectivity index is 1.78. The second kappa shape index (κ2) is 7.95. The van der Waals surface area contributed by atoms with Gasteiger partial charge >= 0.3 is 0 Å². The number of fused-ring (bicyclic) bond motifs is 2. The number of aromatic hydroxyl groups is 1. The second-order valence-electron chi connectivity index (χ2n) is 7.80. The van der Waals surface area contributed by atoms with Crippen molar-refractivity contribution in [3.63, 3.8) is 0 Å². The minimum absolute atomic E-state index is 0.113. The number of aromatic amines is 1. The fourth-order valence-corrected chi connectivity index (χ4v) is 5.09. The third kappa shape index (κ3) is 3.21. The quantitative estimate of drug-likeness (QED) is 0.461. The number of benzene rings is 2. The highest BCUT2D eigenvalue weighted by atomic mass is 79.9. The third-order valence-electron chi connectivity index (χ3n) is 6.01. The molecule has 8 nitrogen and oxygen atoms in total. The summed E-state index contributed by atoms with van der Waals surface area (Å²) in [6.45, 7) is 0.870. The van der Waals surface area contributed by atoms with Crippen molar-refractivity contribution >= 4 is 28.1 Å². The number of rotatable bonds is 3. The average Bonchev–Trinajstić information content (AvgIpc) is 3.23. The van der Waals surface area contributed by atoms with E-state index in [1.54, 1.807) is 7.11 Å². The van der Waals surface area contributed by atoms with E-state index >= 15 is 0 Å².